The van der Waals surface area contributed by atoms with Crippen LogP contribution in [-0.2, 0) is 6.18 Å². The molecule has 0 fully saturated rings. The molecule has 0 unspecified atom stereocenters. The van der Waals surface area contributed by atoms with E-state index in [4.69, 9.17) is 4.74 Å². The van der Waals surface area contributed by atoms with Crippen LogP contribution in [0, 0.1) is 11.8 Å². The van der Waals surface area contributed by atoms with Gasteiger partial charge in [0.05, 0.1) is 13.2 Å². The van der Waals surface area contributed by atoms with Gasteiger partial charge in [-0.2, -0.15) is 13.2 Å². The zero-order valence-corrected chi connectivity index (χ0v) is 12.4. The van der Waals surface area contributed by atoms with Gasteiger partial charge in [-0.25, -0.2) is 0 Å². The van der Waals surface area contributed by atoms with Crippen LogP contribution in [-0.4, -0.2) is 18.1 Å². The lowest BCUT2D eigenvalue weighted by atomic mass is 10.2. The van der Waals surface area contributed by atoms with Crippen molar-refractivity contribution in [2.24, 2.45) is 0 Å². The quantitative estimate of drug-likeness (QED) is 0.866. The minimum atomic E-state index is -4.45. The van der Waals surface area contributed by atoms with Crippen LogP contribution in [0.15, 0.2) is 42.6 Å². The first-order valence-electron chi connectivity index (χ1n) is 6.98. The van der Waals surface area contributed by atoms with Crippen molar-refractivity contribution in [3.8, 4) is 17.6 Å². The van der Waals surface area contributed by atoms with Gasteiger partial charge >= 0.3 is 6.18 Å². The maximum Gasteiger partial charge on any atom is 0.433 e. The summed E-state index contributed by atoms with van der Waals surface area (Å²) in [5, 5.41) is 2.82. The van der Waals surface area contributed by atoms with Crippen LogP contribution in [0.2, 0.25) is 0 Å². The fourth-order valence-corrected chi connectivity index (χ4v) is 1.79. The molecule has 120 valence electrons. The lowest BCUT2D eigenvalue weighted by molar-refractivity contribution is -0.141. The van der Waals surface area contributed by atoms with Gasteiger partial charge in [-0.05, 0) is 43.3 Å². The summed E-state index contributed by atoms with van der Waals surface area (Å²) < 4.78 is 42.9. The molecule has 2 aromatic rings. The van der Waals surface area contributed by atoms with E-state index in [1.807, 2.05) is 31.2 Å². The predicted molar refractivity (Wildman–Crippen MR) is 82.2 cm³/mol. The molecule has 0 saturated carbocycles. The SMILES string of the molecule is CCOc1ccc(C#CCNc2ccnc(C(F)(F)F)c2)cc1. The van der Waals surface area contributed by atoms with Gasteiger partial charge in [-0.1, -0.05) is 11.8 Å². The van der Waals surface area contributed by atoms with E-state index in [2.05, 4.69) is 22.1 Å². The molecule has 1 aromatic heterocycles. The number of anilines is 1. The molecule has 1 aromatic carbocycles. The number of ether oxygens (including phenoxy) is 1. The molecule has 0 spiro atoms. The molecule has 0 radical (unpaired) electrons. The van der Waals surface area contributed by atoms with Crippen molar-refractivity contribution in [2.75, 3.05) is 18.5 Å². The first-order valence-corrected chi connectivity index (χ1v) is 6.98. The van der Waals surface area contributed by atoms with Crippen LogP contribution < -0.4 is 10.1 Å². The molecule has 0 aliphatic rings. The van der Waals surface area contributed by atoms with Gasteiger partial charge in [0.15, 0.2) is 0 Å². The third-order valence-electron chi connectivity index (χ3n) is 2.83. The molecule has 0 aliphatic carbocycles. The maximum absolute atomic E-state index is 12.5. The summed E-state index contributed by atoms with van der Waals surface area (Å²) in [6, 6.07) is 9.71. The van der Waals surface area contributed by atoms with E-state index in [1.54, 1.807) is 0 Å². The number of hydrogen-bond acceptors (Lipinski definition) is 3. The third kappa shape index (κ3) is 5.22. The summed E-state index contributed by atoms with van der Waals surface area (Å²) in [6.45, 7) is 2.73. The number of aromatic nitrogens is 1. The molecule has 1 N–H and O–H groups in total. The number of pyridine rings is 1. The highest BCUT2D eigenvalue weighted by atomic mass is 19.4. The third-order valence-corrected chi connectivity index (χ3v) is 2.83. The van der Waals surface area contributed by atoms with Crippen molar-refractivity contribution in [1.82, 2.24) is 4.98 Å². The summed E-state index contributed by atoms with van der Waals surface area (Å²) >= 11 is 0. The summed E-state index contributed by atoms with van der Waals surface area (Å²) in [5.41, 5.74) is 0.205. The van der Waals surface area contributed by atoms with Crippen molar-refractivity contribution in [1.29, 1.82) is 0 Å². The zero-order valence-electron chi connectivity index (χ0n) is 12.4. The number of nitrogens with zero attached hydrogens (tertiary/aromatic N) is 1. The highest BCUT2D eigenvalue weighted by Crippen LogP contribution is 2.28. The highest BCUT2D eigenvalue weighted by molar-refractivity contribution is 5.46. The number of alkyl halides is 3. The average molecular weight is 320 g/mol. The Labute approximate surface area is 132 Å². The highest BCUT2D eigenvalue weighted by Gasteiger charge is 2.32. The summed E-state index contributed by atoms with van der Waals surface area (Å²) in [6.07, 6.45) is -3.34. The normalized spacial score (nSPS) is 10.6. The standard InChI is InChI=1S/C17H15F3N2O/c1-2-23-15-7-5-13(6-8-15)4-3-10-21-14-9-11-22-16(12-14)17(18,19)20/h5-9,11-12H,2,10H2,1H3,(H,21,22). The second-order valence-corrected chi connectivity index (χ2v) is 4.54. The van der Waals surface area contributed by atoms with E-state index in [1.165, 1.54) is 6.07 Å². The molecule has 1 heterocycles. The van der Waals surface area contributed by atoms with Crippen LogP contribution in [0.25, 0.3) is 0 Å². The van der Waals surface area contributed by atoms with E-state index < -0.39 is 11.9 Å². The molecular weight excluding hydrogens is 305 g/mol. The fourth-order valence-electron chi connectivity index (χ4n) is 1.79. The Kier molecular flexibility index (Phi) is 5.47. The molecule has 0 saturated heterocycles. The molecule has 0 amide bonds. The van der Waals surface area contributed by atoms with Gasteiger partial charge in [0.1, 0.15) is 11.4 Å². The summed E-state index contributed by atoms with van der Waals surface area (Å²) in [7, 11) is 0. The largest absolute Gasteiger partial charge is 0.494 e. The van der Waals surface area contributed by atoms with Crippen molar-refractivity contribution in [2.45, 2.75) is 13.1 Å². The maximum atomic E-state index is 12.5. The smallest absolute Gasteiger partial charge is 0.433 e. The lowest BCUT2D eigenvalue weighted by Crippen LogP contribution is -2.09. The van der Waals surface area contributed by atoms with Gasteiger partial charge in [0.25, 0.3) is 0 Å². The monoisotopic (exact) mass is 320 g/mol. The first kappa shape index (κ1) is 16.7. The number of nitrogens with one attached hydrogen (secondary N) is 1. The Morgan fingerprint density at radius 2 is 1.91 bits per heavy atom. The Hall–Kier alpha value is -2.68. The lowest BCUT2D eigenvalue weighted by Gasteiger charge is -2.07. The Balaban J connectivity index is 1.93. The van der Waals surface area contributed by atoms with Gasteiger partial charge in [0.2, 0.25) is 0 Å². The number of hydrogen-bond donors (Lipinski definition) is 1. The summed E-state index contributed by atoms with van der Waals surface area (Å²) in [4.78, 5) is 3.30. The number of benzene rings is 1. The molecule has 3 nitrogen and oxygen atoms in total. The van der Waals surface area contributed by atoms with Crippen LogP contribution >= 0.6 is 0 Å². The number of rotatable bonds is 4. The van der Waals surface area contributed by atoms with Crippen molar-refractivity contribution >= 4 is 5.69 Å². The summed E-state index contributed by atoms with van der Waals surface area (Å²) in [5.74, 6) is 6.55. The van der Waals surface area contributed by atoms with Crippen molar-refractivity contribution in [3.63, 3.8) is 0 Å². The minimum absolute atomic E-state index is 0.231. The topological polar surface area (TPSA) is 34.1 Å². The van der Waals surface area contributed by atoms with Gasteiger partial charge in [-0.3, -0.25) is 4.98 Å². The Morgan fingerprint density at radius 3 is 2.57 bits per heavy atom. The van der Waals surface area contributed by atoms with Crippen LogP contribution in [0.3, 0.4) is 0 Å². The fraction of sp³-hybridized carbons (Fsp3) is 0.235. The Morgan fingerprint density at radius 1 is 1.17 bits per heavy atom. The molecule has 2 rings (SSSR count). The molecule has 0 aliphatic heterocycles. The van der Waals surface area contributed by atoms with Crippen molar-refractivity contribution < 1.29 is 17.9 Å². The molecule has 23 heavy (non-hydrogen) atoms. The molecule has 6 heteroatoms. The van der Waals surface area contributed by atoms with Gasteiger partial charge < -0.3 is 10.1 Å². The minimum Gasteiger partial charge on any atom is -0.494 e. The van der Waals surface area contributed by atoms with Crippen molar-refractivity contribution in [3.05, 3.63) is 53.9 Å². The molecular formula is C17H15F3N2O. The van der Waals surface area contributed by atoms with Crippen LogP contribution in [0.1, 0.15) is 18.2 Å². The van der Waals surface area contributed by atoms with E-state index in [9.17, 15) is 13.2 Å². The Bertz CT molecular complexity index is 700. The van der Waals surface area contributed by atoms with E-state index in [-0.39, 0.29) is 6.54 Å². The van der Waals surface area contributed by atoms with E-state index in [0.29, 0.717) is 12.3 Å². The van der Waals surface area contributed by atoms with Gasteiger partial charge in [-0.15, -0.1) is 0 Å². The zero-order chi connectivity index (χ0) is 16.7. The molecule has 0 atom stereocenters. The molecule has 0 bridgehead atoms. The second kappa shape index (κ2) is 7.54. The van der Waals surface area contributed by atoms with Crippen LogP contribution in [0.5, 0.6) is 5.75 Å². The van der Waals surface area contributed by atoms with Gasteiger partial charge in [0, 0.05) is 17.4 Å². The second-order valence-electron chi connectivity index (χ2n) is 4.54. The number of halogens is 3. The van der Waals surface area contributed by atoms with E-state index >= 15 is 0 Å². The van der Waals surface area contributed by atoms with Crippen LogP contribution in [0.4, 0.5) is 18.9 Å². The predicted octanol–water partition coefficient (Wildman–Crippen LogP) is 3.96. The first-order chi connectivity index (χ1) is 11.0. The average Bonchev–Trinajstić information content (AvgIpc) is 2.53. The van der Waals surface area contributed by atoms with E-state index in [0.717, 1.165) is 23.6 Å².